The topological polar surface area (TPSA) is 62.1 Å². The van der Waals surface area contributed by atoms with Gasteiger partial charge in [0.25, 0.3) is 0 Å². The van der Waals surface area contributed by atoms with Crippen molar-refractivity contribution in [1.29, 1.82) is 0 Å². The number of rotatable bonds is 8. The second kappa shape index (κ2) is 10.6. The van der Waals surface area contributed by atoms with Gasteiger partial charge in [0.15, 0.2) is 11.0 Å². The lowest BCUT2D eigenvalue weighted by atomic mass is 10.0. The summed E-state index contributed by atoms with van der Waals surface area (Å²) >= 11 is 7.95. The molecule has 6 nitrogen and oxygen atoms in total. The molecule has 0 radical (unpaired) electrons. The zero-order valence-corrected chi connectivity index (χ0v) is 21.8. The highest BCUT2D eigenvalue weighted by atomic mass is 35.5. The van der Waals surface area contributed by atoms with Crippen LogP contribution in [0.15, 0.2) is 78.0 Å². The second-order valence-electron chi connectivity index (χ2n) is 8.14. The van der Waals surface area contributed by atoms with Gasteiger partial charge in [-0.25, -0.2) is 4.98 Å². The Hall–Kier alpha value is -3.55. The van der Waals surface area contributed by atoms with Crippen LogP contribution in [-0.2, 0) is 12.8 Å². The normalized spacial score (nSPS) is 11.1. The first kappa shape index (κ1) is 24.2. The number of halogens is 1. The van der Waals surface area contributed by atoms with Gasteiger partial charge >= 0.3 is 0 Å². The highest BCUT2D eigenvalue weighted by Gasteiger charge is 2.18. The molecule has 0 aliphatic carbocycles. The number of fused-ring (bicyclic) bond motifs is 1. The summed E-state index contributed by atoms with van der Waals surface area (Å²) in [5.41, 5.74) is 4.69. The number of methoxy groups -OCH3 is 1. The number of ether oxygens (including phenoxy) is 2. The standard InChI is InChI=1S/C28H25ClN4O2S/c1-4-35-21-13-14-25-22(15-21)23(16-26(30-25)18-9-11-20(34-3)12-10-18)27-31-32-28(33(27)2)36-17-19-7-5-6-8-24(19)29/h5-16H,4,17H2,1-3H3. The zero-order chi connectivity index (χ0) is 25.1. The molecule has 0 fully saturated rings. The molecule has 5 rings (SSSR count). The third-order valence-electron chi connectivity index (χ3n) is 5.87. The van der Waals surface area contributed by atoms with Crippen molar-refractivity contribution >= 4 is 34.3 Å². The fourth-order valence-corrected chi connectivity index (χ4v) is 5.19. The van der Waals surface area contributed by atoms with E-state index in [0.29, 0.717) is 12.4 Å². The summed E-state index contributed by atoms with van der Waals surface area (Å²) in [6.07, 6.45) is 0. The fraction of sp³-hybridized carbons (Fsp3) is 0.179. The van der Waals surface area contributed by atoms with Gasteiger partial charge in [-0.3, -0.25) is 0 Å². The molecule has 0 N–H and O–H groups in total. The third-order valence-corrected chi connectivity index (χ3v) is 7.31. The number of pyridine rings is 1. The number of thioether (sulfide) groups is 1. The Bertz CT molecular complexity index is 1520. The van der Waals surface area contributed by atoms with E-state index in [9.17, 15) is 0 Å². The Morgan fingerprint density at radius 1 is 0.944 bits per heavy atom. The molecule has 0 saturated heterocycles. The van der Waals surface area contributed by atoms with Gasteiger partial charge in [-0.15, -0.1) is 10.2 Å². The van der Waals surface area contributed by atoms with Crippen LogP contribution in [-0.4, -0.2) is 33.5 Å². The van der Waals surface area contributed by atoms with E-state index < -0.39 is 0 Å². The molecule has 0 amide bonds. The van der Waals surface area contributed by atoms with Gasteiger partial charge in [-0.1, -0.05) is 41.6 Å². The van der Waals surface area contributed by atoms with Gasteiger partial charge < -0.3 is 14.0 Å². The molecule has 0 unspecified atom stereocenters. The van der Waals surface area contributed by atoms with Crippen molar-refractivity contribution in [1.82, 2.24) is 19.7 Å². The Labute approximate surface area is 219 Å². The van der Waals surface area contributed by atoms with Gasteiger partial charge in [-0.2, -0.15) is 0 Å². The molecule has 0 aliphatic rings. The van der Waals surface area contributed by atoms with Crippen LogP contribution in [0.25, 0.3) is 33.5 Å². The van der Waals surface area contributed by atoms with Crippen molar-refractivity contribution in [2.24, 2.45) is 7.05 Å². The average Bonchev–Trinajstić information content (AvgIpc) is 3.27. The highest BCUT2D eigenvalue weighted by Crippen LogP contribution is 2.35. The van der Waals surface area contributed by atoms with E-state index in [1.54, 1.807) is 18.9 Å². The van der Waals surface area contributed by atoms with Crippen LogP contribution in [0.4, 0.5) is 0 Å². The zero-order valence-electron chi connectivity index (χ0n) is 20.2. The number of hydrogen-bond donors (Lipinski definition) is 0. The van der Waals surface area contributed by atoms with E-state index in [0.717, 1.165) is 60.8 Å². The first-order valence-electron chi connectivity index (χ1n) is 11.6. The minimum atomic E-state index is 0.588. The molecule has 0 aliphatic heterocycles. The van der Waals surface area contributed by atoms with Crippen molar-refractivity contribution in [3.05, 3.63) is 83.4 Å². The quantitative estimate of drug-likeness (QED) is 0.206. The first-order valence-corrected chi connectivity index (χ1v) is 12.9. The van der Waals surface area contributed by atoms with Crippen LogP contribution in [0.2, 0.25) is 5.02 Å². The summed E-state index contributed by atoms with van der Waals surface area (Å²) in [6, 6.07) is 23.7. The molecular formula is C28H25ClN4O2S. The van der Waals surface area contributed by atoms with E-state index in [-0.39, 0.29) is 0 Å². The fourth-order valence-electron chi connectivity index (χ4n) is 3.99. The number of aromatic nitrogens is 4. The molecule has 5 aromatic rings. The minimum Gasteiger partial charge on any atom is -0.497 e. The molecular weight excluding hydrogens is 492 g/mol. The van der Waals surface area contributed by atoms with Crippen LogP contribution in [0.1, 0.15) is 12.5 Å². The summed E-state index contributed by atoms with van der Waals surface area (Å²) in [4.78, 5) is 4.94. The predicted octanol–water partition coefficient (Wildman–Crippen LogP) is 7.05. The maximum Gasteiger partial charge on any atom is 0.191 e. The molecule has 2 heterocycles. The Balaban J connectivity index is 1.58. The maximum atomic E-state index is 6.35. The summed E-state index contributed by atoms with van der Waals surface area (Å²) in [5, 5.41) is 11.6. The molecule has 2 aromatic heterocycles. The third kappa shape index (κ3) is 4.90. The largest absolute Gasteiger partial charge is 0.497 e. The van der Waals surface area contributed by atoms with E-state index in [2.05, 4.69) is 16.3 Å². The molecule has 3 aromatic carbocycles. The molecule has 0 atom stereocenters. The van der Waals surface area contributed by atoms with Gasteiger partial charge in [0.1, 0.15) is 11.5 Å². The summed E-state index contributed by atoms with van der Waals surface area (Å²) < 4.78 is 13.1. The van der Waals surface area contributed by atoms with Crippen LogP contribution in [0, 0.1) is 0 Å². The van der Waals surface area contributed by atoms with Gasteiger partial charge in [0, 0.05) is 34.3 Å². The van der Waals surface area contributed by atoms with E-state index in [1.165, 1.54) is 0 Å². The summed E-state index contributed by atoms with van der Waals surface area (Å²) in [6.45, 7) is 2.56. The summed E-state index contributed by atoms with van der Waals surface area (Å²) in [5.74, 6) is 3.05. The number of nitrogens with zero attached hydrogens (tertiary/aromatic N) is 4. The van der Waals surface area contributed by atoms with E-state index >= 15 is 0 Å². The lowest BCUT2D eigenvalue weighted by Crippen LogP contribution is -1.98. The molecule has 0 bridgehead atoms. The van der Waals surface area contributed by atoms with Crippen LogP contribution < -0.4 is 9.47 Å². The van der Waals surface area contributed by atoms with Crippen molar-refractivity contribution < 1.29 is 9.47 Å². The van der Waals surface area contributed by atoms with Crippen molar-refractivity contribution in [3.8, 4) is 34.1 Å². The second-order valence-corrected chi connectivity index (χ2v) is 9.49. The van der Waals surface area contributed by atoms with Gasteiger partial charge in [0.05, 0.1) is 24.9 Å². The predicted molar refractivity (Wildman–Crippen MR) is 146 cm³/mol. The molecule has 36 heavy (non-hydrogen) atoms. The molecule has 182 valence electrons. The van der Waals surface area contributed by atoms with Gasteiger partial charge in [0.2, 0.25) is 0 Å². The lowest BCUT2D eigenvalue weighted by molar-refractivity contribution is 0.340. The minimum absolute atomic E-state index is 0.588. The Morgan fingerprint density at radius 3 is 2.47 bits per heavy atom. The van der Waals surface area contributed by atoms with Crippen LogP contribution >= 0.6 is 23.4 Å². The lowest BCUT2D eigenvalue weighted by Gasteiger charge is -2.12. The Morgan fingerprint density at radius 2 is 1.72 bits per heavy atom. The number of benzene rings is 3. The highest BCUT2D eigenvalue weighted by molar-refractivity contribution is 7.98. The van der Waals surface area contributed by atoms with E-state index in [4.69, 9.17) is 26.1 Å². The SMILES string of the molecule is CCOc1ccc2nc(-c3ccc(OC)cc3)cc(-c3nnc(SCc4ccccc4Cl)n3C)c2c1. The van der Waals surface area contributed by atoms with E-state index in [1.807, 2.05) is 85.3 Å². The van der Waals surface area contributed by atoms with Gasteiger partial charge in [-0.05, 0) is 67.1 Å². The summed E-state index contributed by atoms with van der Waals surface area (Å²) in [7, 11) is 3.64. The van der Waals surface area contributed by atoms with Crippen molar-refractivity contribution in [2.75, 3.05) is 13.7 Å². The van der Waals surface area contributed by atoms with Crippen LogP contribution in [0.5, 0.6) is 11.5 Å². The maximum absolute atomic E-state index is 6.35. The monoisotopic (exact) mass is 516 g/mol. The average molecular weight is 517 g/mol. The van der Waals surface area contributed by atoms with Crippen molar-refractivity contribution in [2.45, 2.75) is 17.8 Å². The van der Waals surface area contributed by atoms with Crippen LogP contribution in [0.3, 0.4) is 0 Å². The molecule has 8 heteroatoms. The van der Waals surface area contributed by atoms with Crippen molar-refractivity contribution in [3.63, 3.8) is 0 Å². The smallest absolute Gasteiger partial charge is 0.191 e. The number of hydrogen-bond acceptors (Lipinski definition) is 6. The molecule has 0 saturated carbocycles. The first-order chi connectivity index (χ1) is 17.6. The molecule has 0 spiro atoms. The Kier molecular flexibility index (Phi) is 7.11.